The van der Waals surface area contributed by atoms with Crippen LogP contribution in [0.1, 0.15) is 43.9 Å². The van der Waals surface area contributed by atoms with Crippen molar-refractivity contribution >= 4 is 28.7 Å². The smallest absolute Gasteiger partial charge is 0.232 e. The molecule has 0 saturated heterocycles. The lowest BCUT2D eigenvalue weighted by Crippen LogP contribution is -2.43. The highest BCUT2D eigenvalue weighted by Crippen LogP contribution is 2.48. The van der Waals surface area contributed by atoms with Crippen LogP contribution in [0.15, 0.2) is 59.1 Å². The van der Waals surface area contributed by atoms with Crippen molar-refractivity contribution < 1.29 is 9.59 Å². The van der Waals surface area contributed by atoms with Crippen LogP contribution in [0.25, 0.3) is 0 Å². The van der Waals surface area contributed by atoms with Crippen molar-refractivity contribution in [3.63, 3.8) is 0 Å². The van der Waals surface area contributed by atoms with Gasteiger partial charge in [-0.25, -0.2) is 0 Å². The van der Waals surface area contributed by atoms with E-state index in [-0.39, 0.29) is 23.0 Å². The Bertz CT molecular complexity index is 849. The number of Topliss-reactive ketones (excluding diaryl/α,β-unsaturated/α-hetero) is 1. The maximum Gasteiger partial charge on any atom is 0.232 e. The van der Waals surface area contributed by atoms with E-state index >= 15 is 0 Å². The average Bonchev–Trinajstić information content (AvgIpc) is 3.07. The molecule has 4 heteroatoms. The number of ketones is 1. The number of rotatable bonds is 2. The van der Waals surface area contributed by atoms with Crippen LogP contribution in [0.4, 0.5) is 5.69 Å². The summed E-state index contributed by atoms with van der Waals surface area (Å²) in [5, 5.41) is 2.01. The van der Waals surface area contributed by atoms with Gasteiger partial charge in [0.15, 0.2) is 5.78 Å². The zero-order valence-electron chi connectivity index (χ0n) is 14.5. The van der Waals surface area contributed by atoms with E-state index in [2.05, 4.69) is 13.8 Å². The quantitative estimate of drug-likeness (QED) is 0.771. The van der Waals surface area contributed by atoms with Crippen molar-refractivity contribution in [2.24, 2.45) is 5.41 Å². The van der Waals surface area contributed by atoms with E-state index in [4.69, 9.17) is 0 Å². The third-order valence-corrected chi connectivity index (χ3v) is 6.03. The molecule has 0 spiro atoms. The molecule has 1 amide bonds. The predicted octanol–water partition coefficient (Wildman–Crippen LogP) is 4.91. The molecule has 128 valence electrons. The van der Waals surface area contributed by atoms with E-state index in [1.807, 2.05) is 47.8 Å². The van der Waals surface area contributed by atoms with Crippen LogP contribution in [0.2, 0.25) is 0 Å². The fourth-order valence-electron chi connectivity index (χ4n) is 4.02. The molecule has 3 nitrogen and oxygen atoms in total. The Kier molecular flexibility index (Phi) is 3.88. The van der Waals surface area contributed by atoms with Gasteiger partial charge in [-0.3, -0.25) is 14.5 Å². The van der Waals surface area contributed by atoms with Crippen LogP contribution < -0.4 is 4.90 Å². The van der Waals surface area contributed by atoms with Crippen LogP contribution in [-0.4, -0.2) is 11.7 Å². The summed E-state index contributed by atoms with van der Waals surface area (Å²) in [6.07, 6.45) is 1.65. The van der Waals surface area contributed by atoms with Gasteiger partial charge in [0.1, 0.15) is 0 Å². The number of hydrogen-bond donors (Lipinski definition) is 0. The molecule has 1 atom stereocenters. The van der Waals surface area contributed by atoms with E-state index in [1.54, 1.807) is 16.2 Å². The summed E-state index contributed by atoms with van der Waals surface area (Å²) < 4.78 is 0. The predicted molar refractivity (Wildman–Crippen MR) is 101 cm³/mol. The summed E-state index contributed by atoms with van der Waals surface area (Å²) in [6, 6.07) is 13.7. The minimum absolute atomic E-state index is 0.0776. The minimum Gasteiger partial charge on any atom is -0.294 e. The molecule has 0 unspecified atom stereocenters. The fraction of sp³-hybridized carbons (Fsp3) is 0.333. The molecule has 2 aliphatic rings. The molecule has 2 aromatic rings. The van der Waals surface area contributed by atoms with Crippen molar-refractivity contribution in [1.29, 1.82) is 0 Å². The molecule has 0 radical (unpaired) electrons. The molecular formula is C21H21NO2S. The number of thiophene rings is 1. The summed E-state index contributed by atoms with van der Waals surface area (Å²) in [4.78, 5) is 29.0. The van der Waals surface area contributed by atoms with E-state index in [9.17, 15) is 9.59 Å². The van der Waals surface area contributed by atoms with Crippen LogP contribution in [0, 0.1) is 5.41 Å². The summed E-state index contributed by atoms with van der Waals surface area (Å²) in [5.41, 5.74) is 2.49. The second kappa shape index (κ2) is 5.95. The number of anilines is 1. The van der Waals surface area contributed by atoms with Gasteiger partial charge >= 0.3 is 0 Å². The minimum atomic E-state index is -0.124. The zero-order valence-corrected chi connectivity index (χ0v) is 15.3. The van der Waals surface area contributed by atoms with Crippen molar-refractivity contribution in [1.82, 2.24) is 0 Å². The molecule has 2 heterocycles. The van der Waals surface area contributed by atoms with Crippen molar-refractivity contribution in [3.05, 3.63) is 64.0 Å². The lowest BCUT2D eigenvalue weighted by Gasteiger charge is -2.42. The number of para-hydroxylation sites is 1. The highest BCUT2D eigenvalue weighted by Gasteiger charge is 2.44. The van der Waals surface area contributed by atoms with Gasteiger partial charge in [-0.2, -0.15) is 0 Å². The number of carbonyl (C=O) groups is 2. The molecular weight excluding hydrogens is 330 g/mol. The van der Waals surface area contributed by atoms with Gasteiger partial charge in [-0.05, 0) is 35.4 Å². The average molecular weight is 351 g/mol. The number of allylic oxidation sites excluding steroid dienone is 2. The number of nitrogens with zero attached hydrogens (tertiary/aromatic N) is 1. The summed E-state index contributed by atoms with van der Waals surface area (Å²) in [7, 11) is 0. The van der Waals surface area contributed by atoms with Crippen molar-refractivity contribution in [3.8, 4) is 0 Å². The Balaban J connectivity index is 1.90. The molecule has 1 aliphatic carbocycles. The first-order valence-corrected chi connectivity index (χ1v) is 9.52. The number of benzene rings is 1. The largest absolute Gasteiger partial charge is 0.294 e. The van der Waals surface area contributed by atoms with Gasteiger partial charge in [-0.1, -0.05) is 38.1 Å². The van der Waals surface area contributed by atoms with E-state index in [1.165, 1.54) is 0 Å². The van der Waals surface area contributed by atoms with Crippen LogP contribution in [-0.2, 0) is 9.59 Å². The second-order valence-electron chi connectivity index (χ2n) is 7.64. The van der Waals surface area contributed by atoms with Crippen LogP contribution >= 0.6 is 11.3 Å². The Morgan fingerprint density at radius 1 is 1.04 bits per heavy atom. The third kappa shape index (κ3) is 2.85. The standard InChI is InChI=1S/C21H21NO2S/c1-21(2)12-16-20(17(23)13-21)15(18-9-6-10-25-18)11-19(24)22(16)14-7-4-3-5-8-14/h3-10,15H,11-13H2,1-2H3/t15-/m0/s1. The molecule has 4 rings (SSSR count). The number of amides is 1. The fourth-order valence-corrected chi connectivity index (χ4v) is 4.86. The number of carbonyl (C=O) groups excluding carboxylic acids is 2. The molecule has 1 aromatic carbocycles. The highest BCUT2D eigenvalue weighted by atomic mass is 32.1. The third-order valence-electron chi connectivity index (χ3n) is 5.04. The topological polar surface area (TPSA) is 37.4 Å². The maximum absolute atomic E-state index is 13.1. The SMILES string of the molecule is CC1(C)CC(=O)C2=C(C1)N(c1ccccc1)C(=O)C[C@H]2c1cccs1. The normalized spacial score (nSPS) is 23.0. The first-order chi connectivity index (χ1) is 12.0. The summed E-state index contributed by atoms with van der Waals surface area (Å²) >= 11 is 1.63. The lowest BCUT2D eigenvalue weighted by atomic mass is 9.70. The van der Waals surface area contributed by atoms with Gasteiger partial charge < -0.3 is 0 Å². The molecule has 1 aromatic heterocycles. The Hall–Kier alpha value is -2.20. The summed E-state index contributed by atoms with van der Waals surface area (Å²) in [6.45, 7) is 4.22. The van der Waals surface area contributed by atoms with E-state index < -0.39 is 0 Å². The Morgan fingerprint density at radius 3 is 2.48 bits per heavy atom. The van der Waals surface area contributed by atoms with Gasteiger partial charge in [0, 0.05) is 40.6 Å². The van der Waals surface area contributed by atoms with Gasteiger partial charge in [-0.15, -0.1) is 11.3 Å². The first kappa shape index (κ1) is 16.3. The van der Waals surface area contributed by atoms with Crippen LogP contribution in [0.5, 0.6) is 0 Å². The van der Waals surface area contributed by atoms with E-state index in [0.29, 0.717) is 12.8 Å². The molecule has 0 saturated carbocycles. The highest BCUT2D eigenvalue weighted by molar-refractivity contribution is 7.10. The van der Waals surface area contributed by atoms with Crippen molar-refractivity contribution in [2.75, 3.05) is 4.90 Å². The molecule has 0 bridgehead atoms. The lowest BCUT2D eigenvalue weighted by molar-refractivity contribution is -0.120. The number of hydrogen-bond acceptors (Lipinski definition) is 3. The van der Waals surface area contributed by atoms with E-state index in [0.717, 1.165) is 28.3 Å². The van der Waals surface area contributed by atoms with Gasteiger partial charge in [0.25, 0.3) is 0 Å². The first-order valence-electron chi connectivity index (χ1n) is 8.64. The van der Waals surface area contributed by atoms with Gasteiger partial charge in [0.05, 0.1) is 0 Å². The van der Waals surface area contributed by atoms with Gasteiger partial charge in [0.2, 0.25) is 5.91 Å². The zero-order chi connectivity index (χ0) is 17.6. The Labute approximate surface area is 152 Å². The summed E-state index contributed by atoms with van der Waals surface area (Å²) in [5.74, 6) is 0.179. The monoisotopic (exact) mass is 351 g/mol. The van der Waals surface area contributed by atoms with Crippen LogP contribution in [0.3, 0.4) is 0 Å². The molecule has 0 fully saturated rings. The maximum atomic E-state index is 13.1. The second-order valence-corrected chi connectivity index (χ2v) is 8.62. The molecule has 25 heavy (non-hydrogen) atoms. The van der Waals surface area contributed by atoms with Crippen molar-refractivity contribution in [2.45, 2.75) is 39.0 Å². The molecule has 0 N–H and O–H groups in total. The molecule has 1 aliphatic heterocycles. The Morgan fingerprint density at radius 2 is 1.80 bits per heavy atom.